The fourth-order valence-electron chi connectivity index (χ4n) is 15.3. The van der Waals surface area contributed by atoms with Crippen molar-refractivity contribution < 1.29 is 67.2 Å². The number of alkyl halides is 4. The van der Waals surface area contributed by atoms with Crippen molar-refractivity contribution >= 4 is 23.1 Å². The number of halogens is 4. The number of hydrogen-bond acceptors (Lipinski definition) is 12. The smallest absolute Gasteiger partial charge is 0.192 e. The highest BCUT2D eigenvalue weighted by Gasteiger charge is 2.79. The molecular weight excluding hydrogens is 925 g/mol. The maximum Gasteiger partial charge on any atom is 0.192 e. The summed E-state index contributed by atoms with van der Waals surface area (Å²) >= 11 is 0. The molecule has 5 saturated carbocycles. The molecule has 9 rings (SSSR count). The number of fused-ring (bicyclic) bond motifs is 12. The van der Waals surface area contributed by atoms with Gasteiger partial charge in [-0.05, 0) is 129 Å². The molecule has 8 aliphatic carbocycles. The summed E-state index contributed by atoms with van der Waals surface area (Å²) in [6.45, 7) is 20.0. The summed E-state index contributed by atoms with van der Waals surface area (Å²) in [7, 11) is 0. The van der Waals surface area contributed by atoms with E-state index >= 15 is 17.6 Å². The molecule has 396 valence electrons. The Morgan fingerprint density at radius 1 is 0.761 bits per heavy atom. The first-order valence-corrected chi connectivity index (χ1v) is 25.5. The van der Waals surface area contributed by atoms with Gasteiger partial charge in [0.15, 0.2) is 40.1 Å². The van der Waals surface area contributed by atoms with Gasteiger partial charge in [-0.15, -0.1) is 0 Å². The summed E-state index contributed by atoms with van der Waals surface area (Å²) in [5.74, 6) is -4.40. The van der Waals surface area contributed by atoms with Gasteiger partial charge in [0.2, 0.25) is 0 Å². The van der Waals surface area contributed by atoms with Crippen LogP contribution in [-0.2, 0) is 24.0 Å². The number of allylic oxidation sites excluding steroid dienone is 9. The maximum atomic E-state index is 17.3. The van der Waals surface area contributed by atoms with E-state index in [9.17, 15) is 39.6 Å². The molecule has 0 bridgehead atoms. The van der Waals surface area contributed by atoms with Crippen molar-refractivity contribution in [2.75, 3.05) is 32.8 Å². The molecule has 0 spiro atoms. The fraction of sp³-hybridized carbons (Fsp3) is 0.745. The molecule has 0 aromatic carbocycles. The van der Waals surface area contributed by atoms with Crippen molar-refractivity contribution in [3.05, 3.63) is 59.3 Å². The van der Waals surface area contributed by atoms with Crippen LogP contribution in [0.3, 0.4) is 0 Å². The molecule has 1 saturated heterocycles. The lowest BCUT2D eigenvalue weighted by Gasteiger charge is -2.63. The van der Waals surface area contributed by atoms with Crippen LogP contribution in [-0.4, -0.2) is 128 Å². The minimum Gasteiger partial charge on any atom is -0.390 e. The number of aliphatic hydroxyl groups is 4. The third-order valence-electron chi connectivity index (χ3n) is 19.0. The first kappa shape index (κ1) is 55.5. The Hall–Kier alpha value is -3.22. The van der Waals surface area contributed by atoms with E-state index in [1.165, 1.54) is 30.4 Å². The number of hydroxylamine groups is 3. The Balaban J connectivity index is 0.000000186. The number of hydrogen-bond donors (Lipinski definition) is 6. The van der Waals surface area contributed by atoms with E-state index < -0.39 is 106 Å². The summed E-state index contributed by atoms with van der Waals surface area (Å²) < 4.78 is 64.7. The van der Waals surface area contributed by atoms with Crippen molar-refractivity contribution in [1.82, 2.24) is 10.5 Å². The molecule has 1 heterocycles. The largest absolute Gasteiger partial charge is 0.390 e. The normalized spacial score (nSPS) is 44.2. The summed E-state index contributed by atoms with van der Waals surface area (Å²) in [5.41, 5.74) is -7.28. The Labute approximate surface area is 416 Å². The second-order valence-corrected chi connectivity index (χ2v) is 25.4. The lowest BCUT2D eigenvalue weighted by molar-refractivity contribution is -0.268. The molecule has 1 aliphatic heterocycles. The van der Waals surface area contributed by atoms with Crippen LogP contribution in [0.25, 0.3) is 0 Å². The van der Waals surface area contributed by atoms with E-state index in [1.54, 1.807) is 31.9 Å². The van der Waals surface area contributed by atoms with Crippen LogP contribution in [0.2, 0.25) is 0 Å². The fourth-order valence-corrected chi connectivity index (χ4v) is 15.3. The average Bonchev–Trinajstić information content (AvgIpc) is 3.91. The topological polar surface area (TPSA) is 194 Å². The van der Waals surface area contributed by atoms with Gasteiger partial charge in [-0.3, -0.25) is 24.0 Å². The number of Topliss-reactive ketones (excluding diaryl/α,β-unsaturated/α-hetero) is 2. The SMILES string of the molecule is CC(C)(C)CCN1C[C@@H]2C[C@H]3[C@@H]4C[C@H](F)C5=CC(=O)C=C[C@]5(C)[C@@]4(F)[C@@H](O)C[C@]3(C)[C@]2(C(=O)CO)O1.CC(C)(C)CCNO.C[C@]12C=CC(=O)C=C1[C@@H](F)C[C@H]1[C@@H]3CC=C(C(=O)CO)[C@@]3(C)C[C@H](O)[C@@]12F. The summed E-state index contributed by atoms with van der Waals surface area (Å²) in [6, 6.07) is 0. The second-order valence-electron chi connectivity index (χ2n) is 25.4. The lowest BCUT2D eigenvalue weighted by atomic mass is 9.44. The van der Waals surface area contributed by atoms with Crippen LogP contribution in [0.1, 0.15) is 121 Å². The predicted molar refractivity (Wildman–Crippen MR) is 257 cm³/mol. The number of carbonyl (C=O) groups is 4. The van der Waals surface area contributed by atoms with E-state index in [4.69, 9.17) is 10.0 Å². The molecule has 6 fully saturated rings. The molecule has 0 aromatic rings. The van der Waals surface area contributed by atoms with Gasteiger partial charge >= 0.3 is 0 Å². The Bertz CT molecular complexity index is 2300. The van der Waals surface area contributed by atoms with Crippen LogP contribution < -0.4 is 5.48 Å². The molecule has 0 unspecified atom stereocenters. The molecular formula is C55H78F4N2O10. The second kappa shape index (κ2) is 18.9. The zero-order valence-corrected chi connectivity index (χ0v) is 43.2. The predicted octanol–water partition coefficient (Wildman–Crippen LogP) is 7.32. The molecule has 0 amide bonds. The third kappa shape index (κ3) is 8.57. The van der Waals surface area contributed by atoms with Crippen molar-refractivity contribution in [1.29, 1.82) is 0 Å². The van der Waals surface area contributed by atoms with Gasteiger partial charge in [0.05, 0.1) is 12.2 Å². The minimum absolute atomic E-state index is 0.0177. The molecule has 6 N–H and O–H groups in total. The molecule has 16 atom stereocenters. The van der Waals surface area contributed by atoms with E-state index in [0.717, 1.165) is 18.9 Å². The molecule has 0 aromatic heterocycles. The van der Waals surface area contributed by atoms with Gasteiger partial charge in [0.25, 0.3) is 0 Å². The van der Waals surface area contributed by atoms with Crippen molar-refractivity contribution in [3.8, 4) is 0 Å². The van der Waals surface area contributed by atoms with Gasteiger partial charge in [-0.25, -0.2) is 23.0 Å². The standard InChI is InChI=1S/C28H39F2NO5.C21H24F2O4.C6H15NO/c1-24(2,3)8-9-31-14-16-10-18-19-12-21(29)20-11-17(33)6-7-25(20,4)27(19,30)22(34)13-26(18,5)28(16,36-31)23(35)15-32;1-19-9-18(27)21(23)14(12(19)3-4-13(19)17(26)10-24)8-16(22)15-7-11(25)5-6-20(15,21)2;1-6(2,3)4-5-7-8/h6-7,11,16,18-19,21-22,32,34H,8-10,12-15H2,1-5H3;4-7,12,14,16,18,24,27H,3,8-10H2,1-2H3;7-8H,4-5H2,1-3H3/t16-,18-,19-,21-,22-,25-,26-,27-,28-;12-,14-,16-,18-,19-,20-,21-;/m00./s1. The first-order valence-electron chi connectivity index (χ1n) is 25.5. The molecule has 71 heavy (non-hydrogen) atoms. The van der Waals surface area contributed by atoms with Gasteiger partial charge in [0, 0.05) is 59.0 Å². The van der Waals surface area contributed by atoms with Crippen molar-refractivity contribution in [2.45, 2.75) is 162 Å². The molecule has 9 aliphatic rings. The lowest BCUT2D eigenvalue weighted by Crippen LogP contribution is -2.70. The van der Waals surface area contributed by atoms with Crippen LogP contribution in [0.5, 0.6) is 0 Å². The van der Waals surface area contributed by atoms with Crippen LogP contribution in [0, 0.1) is 62.1 Å². The average molecular weight is 1000 g/mol. The van der Waals surface area contributed by atoms with Crippen LogP contribution >= 0.6 is 0 Å². The Kier molecular flexibility index (Phi) is 14.7. The van der Waals surface area contributed by atoms with Crippen molar-refractivity contribution in [3.63, 3.8) is 0 Å². The highest BCUT2D eigenvalue weighted by Crippen LogP contribution is 2.73. The zero-order chi connectivity index (χ0) is 52.9. The van der Waals surface area contributed by atoms with E-state index in [0.29, 0.717) is 43.5 Å². The number of nitrogens with zero attached hydrogens (tertiary/aromatic N) is 1. The number of ketones is 4. The number of carbonyl (C=O) groups excluding carboxylic acids is 4. The number of rotatable bonds is 8. The Morgan fingerprint density at radius 3 is 1.73 bits per heavy atom. The minimum atomic E-state index is -2.20. The summed E-state index contributed by atoms with van der Waals surface area (Å²) in [5, 5.41) is 51.7. The monoisotopic (exact) mass is 1000 g/mol. The first-order chi connectivity index (χ1) is 32.8. The quantitative estimate of drug-likeness (QED) is 0.105. The van der Waals surface area contributed by atoms with Crippen LogP contribution in [0.4, 0.5) is 17.6 Å². The van der Waals surface area contributed by atoms with E-state index in [-0.39, 0.29) is 65.6 Å². The summed E-state index contributed by atoms with van der Waals surface area (Å²) in [6.07, 6.45) is 5.81. The molecule has 12 nitrogen and oxygen atoms in total. The highest BCUT2D eigenvalue weighted by atomic mass is 19.2. The molecule has 16 heteroatoms. The summed E-state index contributed by atoms with van der Waals surface area (Å²) in [4.78, 5) is 55.9. The van der Waals surface area contributed by atoms with Gasteiger partial charge < -0.3 is 25.6 Å². The molecule has 0 radical (unpaired) electrons. The third-order valence-corrected chi connectivity index (χ3v) is 19.0. The van der Waals surface area contributed by atoms with Crippen molar-refractivity contribution in [2.24, 2.45) is 62.1 Å². The maximum absolute atomic E-state index is 17.3. The van der Waals surface area contributed by atoms with Gasteiger partial charge in [-0.2, -0.15) is 5.06 Å². The van der Waals surface area contributed by atoms with Gasteiger partial charge in [-0.1, -0.05) is 73.6 Å². The number of nitrogens with one attached hydrogen (secondary N) is 1. The van der Waals surface area contributed by atoms with Gasteiger partial charge in [0.1, 0.15) is 25.6 Å². The number of aliphatic hydroxyl groups excluding tert-OH is 4. The highest BCUT2D eigenvalue weighted by molar-refractivity contribution is 6.02. The van der Waals surface area contributed by atoms with Crippen LogP contribution in [0.15, 0.2) is 59.3 Å². The van der Waals surface area contributed by atoms with E-state index in [1.807, 2.05) is 6.92 Å². The Morgan fingerprint density at radius 2 is 1.27 bits per heavy atom. The van der Waals surface area contributed by atoms with E-state index in [2.05, 4.69) is 47.0 Å². The zero-order valence-electron chi connectivity index (χ0n) is 43.2.